The molecule has 6 nitrogen and oxygen atoms in total. The summed E-state index contributed by atoms with van der Waals surface area (Å²) in [6.45, 7) is 0.555. The molecule has 0 radical (unpaired) electrons. The smallest absolute Gasteiger partial charge is 0.351 e. The Morgan fingerprint density at radius 3 is 2.50 bits per heavy atom. The molecule has 13 heteroatoms. The molecule has 0 atom stereocenters. The Bertz CT molecular complexity index is 1100. The first-order valence-electron chi connectivity index (χ1n) is 9.09. The first-order chi connectivity index (χ1) is 14.9. The number of benzene rings is 1. The van der Waals surface area contributed by atoms with Crippen LogP contribution in [0.5, 0.6) is 0 Å². The zero-order valence-corrected chi connectivity index (χ0v) is 17.6. The minimum atomic E-state index is -4.92. The second kappa shape index (κ2) is 8.90. The maximum Gasteiger partial charge on any atom is 0.434 e. The summed E-state index contributed by atoms with van der Waals surface area (Å²) in [5.41, 5.74) is -2.76. The topological polar surface area (TPSA) is 63.1 Å². The lowest BCUT2D eigenvalue weighted by Gasteiger charge is -2.12. The van der Waals surface area contributed by atoms with Crippen LogP contribution in [-0.4, -0.2) is 52.8 Å². The molecule has 0 aliphatic rings. The fourth-order valence-electron chi connectivity index (χ4n) is 2.77. The minimum absolute atomic E-state index is 0.0525. The van der Waals surface area contributed by atoms with E-state index in [1.54, 1.807) is 19.0 Å². The van der Waals surface area contributed by atoms with Gasteiger partial charge < -0.3 is 10.2 Å². The summed E-state index contributed by atoms with van der Waals surface area (Å²) in [6, 6.07) is 4.29. The number of nitrogens with zero attached hydrogens (tertiary/aromatic N) is 4. The molecule has 0 aliphatic carbocycles. The highest BCUT2D eigenvalue weighted by Crippen LogP contribution is 2.36. The molecule has 32 heavy (non-hydrogen) atoms. The van der Waals surface area contributed by atoms with Crippen LogP contribution in [0.2, 0.25) is 0 Å². The second-order valence-corrected chi connectivity index (χ2v) is 7.81. The summed E-state index contributed by atoms with van der Waals surface area (Å²) in [4.78, 5) is 18.1. The van der Waals surface area contributed by atoms with Gasteiger partial charge in [0.2, 0.25) is 5.13 Å². The standard InChI is InChI=1S/C19H17F6N5OS/c1-29(2)7-6-26-16(31)13-9-27-30(15(13)19(23,24)25)17-28-14(10-32-17)11-4-3-5-12(8-11)18(20,21)22/h3-5,8-10H,6-7H2,1-2H3,(H,26,31). The lowest BCUT2D eigenvalue weighted by atomic mass is 10.1. The molecule has 172 valence electrons. The third kappa shape index (κ3) is 5.27. The zero-order chi connectivity index (χ0) is 23.7. The van der Waals surface area contributed by atoms with Crippen molar-refractivity contribution in [2.45, 2.75) is 12.4 Å². The number of carbonyl (C=O) groups excluding carboxylic acids is 1. The highest BCUT2D eigenvalue weighted by Gasteiger charge is 2.41. The van der Waals surface area contributed by atoms with Crippen LogP contribution in [0, 0.1) is 0 Å². The van der Waals surface area contributed by atoms with Crippen molar-refractivity contribution in [3.05, 3.63) is 52.7 Å². The average molecular weight is 477 g/mol. The van der Waals surface area contributed by atoms with Crippen LogP contribution >= 0.6 is 11.3 Å². The molecule has 1 aromatic carbocycles. The molecule has 0 aliphatic heterocycles. The van der Waals surface area contributed by atoms with Crippen LogP contribution in [0.1, 0.15) is 21.6 Å². The van der Waals surface area contributed by atoms with Gasteiger partial charge in [0.05, 0.1) is 23.0 Å². The quantitative estimate of drug-likeness (QED) is 0.537. The summed E-state index contributed by atoms with van der Waals surface area (Å²) in [5, 5.41) is 7.16. The number of halogens is 6. The van der Waals surface area contributed by atoms with Gasteiger partial charge in [-0.2, -0.15) is 31.4 Å². The predicted molar refractivity (Wildman–Crippen MR) is 106 cm³/mol. The van der Waals surface area contributed by atoms with E-state index in [2.05, 4.69) is 15.4 Å². The lowest BCUT2D eigenvalue weighted by molar-refractivity contribution is -0.143. The highest BCUT2D eigenvalue weighted by atomic mass is 32.1. The fraction of sp³-hybridized carbons (Fsp3) is 0.316. The normalized spacial score (nSPS) is 12.4. The van der Waals surface area contributed by atoms with Crippen LogP contribution in [0.3, 0.4) is 0 Å². The largest absolute Gasteiger partial charge is 0.434 e. The van der Waals surface area contributed by atoms with Crippen molar-refractivity contribution in [3.63, 3.8) is 0 Å². The molecule has 1 amide bonds. The van der Waals surface area contributed by atoms with Gasteiger partial charge in [-0.1, -0.05) is 12.1 Å². The van der Waals surface area contributed by atoms with Gasteiger partial charge in [-0.3, -0.25) is 4.79 Å². The van der Waals surface area contributed by atoms with Crippen LogP contribution in [-0.2, 0) is 12.4 Å². The Morgan fingerprint density at radius 2 is 1.88 bits per heavy atom. The van der Waals surface area contributed by atoms with Crippen molar-refractivity contribution < 1.29 is 31.1 Å². The molecular formula is C19H17F6N5OS. The van der Waals surface area contributed by atoms with Crippen LogP contribution in [0.25, 0.3) is 16.4 Å². The van der Waals surface area contributed by atoms with E-state index in [1.807, 2.05) is 0 Å². The van der Waals surface area contributed by atoms with Gasteiger partial charge in [-0.05, 0) is 26.2 Å². The summed E-state index contributed by atoms with van der Waals surface area (Å²) in [6.07, 6.45) is -8.71. The fourth-order valence-corrected chi connectivity index (χ4v) is 3.56. The van der Waals surface area contributed by atoms with E-state index in [1.165, 1.54) is 17.5 Å². The molecule has 2 heterocycles. The predicted octanol–water partition coefficient (Wildman–Crippen LogP) is 4.32. The van der Waals surface area contributed by atoms with Crippen LogP contribution in [0.15, 0.2) is 35.8 Å². The number of thiazole rings is 1. The van der Waals surface area contributed by atoms with Gasteiger partial charge >= 0.3 is 12.4 Å². The van der Waals surface area contributed by atoms with Gasteiger partial charge in [-0.15, -0.1) is 11.3 Å². The van der Waals surface area contributed by atoms with Crippen molar-refractivity contribution in [2.24, 2.45) is 0 Å². The van der Waals surface area contributed by atoms with Gasteiger partial charge in [0.1, 0.15) is 0 Å². The number of alkyl halides is 6. The zero-order valence-electron chi connectivity index (χ0n) is 16.8. The molecule has 0 saturated heterocycles. The number of likely N-dealkylation sites (N-methyl/N-ethyl adjacent to an activating group) is 1. The molecule has 0 fully saturated rings. The Hall–Kier alpha value is -2.93. The van der Waals surface area contributed by atoms with Crippen molar-refractivity contribution in [3.8, 4) is 16.4 Å². The van der Waals surface area contributed by atoms with Gasteiger partial charge in [0.15, 0.2) is 5.69 Å². The number of aromatic nitrogens is 3. The maximum atomic E-state index is 13.8. The molecule has 0 bridgehead atoms. The number of hydrogen-bond acceptors (Lipinski definition) is 5. The first-order valence-corrected chi connectivity index (χ1v) is 9.97. The van der Waals surface area contributed by atoms with E-state index in [-0.39, 0.29) is 22.9 Å². The van der Waals surface area contributed by atoms with Crippen LogP contribution in [0.4, 0.5) is 26.3 Å². The molecule has 0 spiro atoms. The van der Waals surface area contributed by atoms with Gasteiger partial charge in [0, 0.05) is 24.0 Å². The Labute approximate surface area is 182 Å². The number of nitrogens with one attached hydrogen (secondary N) is 1. The first kappa shape index (κ1) is 23.7. The van der Waals surface area contributed by atoms with Gasteiger partial charge in [-0.25, -0.2) is 9.67 Å². The molecule has 3 aromatic rings. The third-order valence-corrected chi connectivity index (χ3v) is 5.10. The summed E-state index contributed by atoms with van der Waals surface area (Å²) in [5.74, 6) is -0.944. The number of rotatable bonds is 6. The van der Waals surface area contributed by atoms with Crippen molar-refractivity contribution in [1.29, 1.82) is 0 Å². The minimum Gasteiger partial charge on any atom is -0.351 e. The second-order valence-electron chi connectivity index (χ2n) is 6.97. The van der Waals surface area contributed by atoms with Crippen LogP contribution < -0.4 is 5.32 Å². The molecule has 2 aromatic heterocycles. The van der Waals surface area contributed by atoms with E-state index in [0.29, 0.717) is 11.2 Å². The van der Waals surface area contributed by atoms with Crippen molar-refractivity contribution in [1.82, 2.24) is 25.0 Å². The SMILES string of the molecule is CN(C)CCNC(=O)c1cnn(-c2nc(-c3cccc(C(F)(F)F)c3)cs2)c1C(F)(F)F. The molecule has 0 saturated carbocycles. The Kier molecular flexibility index (Phi) is 6.60. The average Bonchev–Trinajstić information content (AvgIpc) is 3.34. The highest BCUT2D eigenvalue weighted by molar-refractivity contribution is 7.12. The number of carbonyl (C=O) groups is 1. The van der Waals surface area contributed by atoms with Gasteiger partial charge in [0.25, 0.3) is 5.91 Å². The number of hydrogen-bond donors (Lipinski definition) is 1. The number of amides is 1. The molecular weight excluding hydrogens is 460 g/mol. The van der Waals surface area contributed by atoms with Crippen molar-refractivity contribution >= 4 is 17.2 Å². The molecule has 1 N–H and O–H groups in total. The summed E-state index contributed by atoms with van der Waals surface area (Å²) in [7, 11) is 3.49. The van der Waals surface area contributed by atoms with E-state index in [0.717, 1.165) is 29.7 Å². The van der Waals surface area contributed by atoms with E-state index >= 15 is 0 Å². The molecule has 0 unspecified atom stereocenters. The molecule has 3 rings (SSSR count). The Morgan fingerprint density at radius 1 is 1.16 bits per heavy atom. The third-order valence-electron chi connectivity index (χ3n) is 4.29. The Balaban J connectivity index is 1.95. The van der Waals surface area contributed by atoms with E-state index < -0.39 is 35.1 Å². The summed E-state index contributed by atoms with van der Waals surface area (Å²) >= 11 is 0.758. The maximum absolute atomic E-state index is 13.8. The van der Waals surface area contributed by atoms with Crippen molar-refractivity contribution in [2.75, 3.05) is 27.2 Å². The summed E-state index contributed by atoms with van der Waals surface area (Å²) < 4.78 is 80.6. The van der Waals surface area contributed by atoms with E-state index in [9.17, 15) is 31.1 Å². The monoisotopic (exact) mass is 477 g/mol. The van der Waals surface area contributed by atoms with E-state index in [4.69, 9.17) is 0 Å². The lowest BCUT2D eigenvalue weighted by Crippen LogP contribution is -2.32.